The molecular weight excluding hydrogens is 291 g/mol. The summed E-state index contributed by atoms with van der Waals surface area (Å²) in [6.45, 7) is 1.75. The molecule has 21 heavy (non-hydrogen) atoms. The van der Waals surface area contributed by atoms with Crippen LogP contribution in [0.5, 0.6) is 0 Å². The van der Waals surface area contributed by atoms with Crippen molar-refractivity contribution in [2.24, 2.45) is 0 Å². The van der Waals surface area contributed by atoms with Crippen LogP contribution < -0.4 is 0 Å². The van der Waals surface area contributed by atoms with E-state index >= 15 is 0 Å². The first kappa shape index (κ1) is 15.4. The molecule has 0 aromatic heterocycles. The molecule has 0 amide bonds. The smallest absolute Gasteiger partial charge is 0.182 e. The first-order valence-corrected chi connectivity index (χ1v) is 8.18. The maximum Gasteiger partial charge on any atom is 0.182 e. The van der Waals surface area contributed by atoms with Crippen LogP contribution in [0.1, 0.15) is 29.3 Å². The van der Waals surface area contributed by atoms with E-state index in [1.165, 1.54) is 48.5 Å². The second-order valence-electron chi connectivity index (χ2n) is 4.69. The van der Waals surface area contributed by atoms with E-state index in [2.05, 4.69) is 0 Å². The van der Waals surface area contributed by atoms with E-state index in [0.717, 1.165) is 0 Å². The highest BCUT2D eigenvalue weighted by Gasteiger charge is 2.16. The van der Waals surface area contributed by atoms with Gasteiger partial charge in [-0.1, -0.05) is 31.2 Å². The molecule has 0 aliphatic carbocycles. The molecule has 0 atom stereocenters. The quantitative estimate of drug-likeness (QED) is 0.796. The molecule has 0 aliphatic rings. The number of Topliss-reactive ketones (excluding diaryl/α,β-unsaturated/α-hetero) is 1. The summed E-state index contributed by atoms with van der Waals surface area (Å²) in [6, 6.07) is 11.3. The minimum atomic E-state index is -3.51. The van der Waals surface area contributed by atoms with Crippen molar-refractivity contribution in [1.29, 1.82) is 0 Å². The minimum absolute atomic E-state index is 0.0301. The Bertz CT molecular complexity index is 732. The lowest BCUT2D eigenvalue weighted by molar-refractivity contribution is 0.0988. The largest absolute Gasteiger partial charge is 0.294 e. The average Bonchev–Trinajstić information content (AvgIpc) is 2.49. The highest BCUT2D eigenvalue weighted by atomic mass is 32.2. The van der Waals surface area contributed by atoms with Crippen molar-refractivity contribution >= 4 is 15.6 Å². The predicted octanol–water partition coefficient (Wildman–Crippen LogP) is 3.39. The van der Waals surface area contributed by atoms with Crippen molar-refractivity contribution in [3.63, 3.8) is 0 Å². The van der Waals surface area contributed by atoms with E-state index in [1.54, 1.807) is 6.92 Å². The van der Waals surface area contributed by atoms with Crippen LogP contribution in [0.2, 0.25) is 0 Å². The first-order valence-electron chi connectivity index (χ1n) is 6.53. The molecule has 2 rings (SSSR count). The lowest BCUT2D eigenvalue weighted by atomic mass is 10.1. The van der Waals surface area contributed by atoms with Crippen LogP contribution in [-0.4, -0.2) is 14.2 Å². The third-order valence-corrected chi connectivity index (χ3v) is 4.83. The third-order valence-electron chi connectivity index (χ3n) is 3.13. The maximum absolute atomic E-state index is 12.8. The fourth-order valence-corrected chi connectivity index (χ4v) is 3.28. The number of carbonyl (C=O) groups is 1. The number of halogens is 1. The summed E-state index contributed by atoms with van der Waals surface area (Å²) in [5.41, 5.74) is 1.02. The lowest BCUT2D eigenvalue weighted by Crippen LogP contribution is -2.06. The first-order chi connectivity index (χ1) is 9.92. The van der Waals surface area contributed by atoms with Crippen LogP contribution in [0.15, 0.2) is 53.4 Å². The fourth-order valence-electron chi connectivity index (χ4n) is 1.94. The number of benzene rings is 2. The molecule has 110 valence electrons. The average molecular weight is 306 g/mol. The summed E-state index contributed by atoms with van der Waals surface area (Å²) >= 11 is 0. The number of hydrogen-bond donors (Lipinski definition) is 0. The van der Waals surface area contributed by atoms with E-state index in [4.69, 9.17) is 0 Å². The van der Waals surface area contributed by atoms with Gasteiger partial charge in [-0.05, 0) is 29.8 Å². The number of ketones is 1. The topological polar surface area (TPSA) is 51.2 Å². The standard InChI is InChI=1S/C16H15FO3S/c1-2-16(18)13-5-9-15(10-6-13)21(19,20)11-12-3-7-14(17)8-4-12/h3-10H,2,11H2,1H3. The number of carbonyl (C=O) groups excluding carboxylic acids is 1. The Hall–Kier alpha value is -2.01. The van der Waals surface area contributed by atoms with Crippen LogP contribution in [0.25, 0.3) is 0 Å². The van der Waals surface area contributed by atoms with Gasteiger partial charge in [0.1, 0.15) is 5.82 Å². The second-order valence-corrected chi connectivity index (χ2v) is 6.68. The number of rotatable bonds is 5. The van der Waals surface area contributed by atoms with Crippen LogP contribution in [-0.2, 0) is 15.6 Å². The highest BCUT2D eigenvalue weighted by Crippen LogP contribution is 2.18. The molecule has 0 saturated heterocycles. The molecule has 5 heteroatoms. The maximum atomic E-state index is 12.8. The van der Waals surface area contributed by atoms with Gasteiger partial charge in [-0.15, -0.1) is 0 Å². The summed E-state index contributed by atoms with van der Waals surface area (Å²) in [5.74, 6) is -0.634. The molecule has 0 radical (unpaired) electrons. The van der Waals surface area contributed by atoms with Crippen molar-refractivity contribution in [2.75, 3.05) is 0 Å². The molecule has 3 nitrogen and oxygen atoms in total. The van der Waals surface area contributed by atoms with Gasteiger partial charge >= 0.3 is 0 Å². The molecule has 0 fully saturated rings. The summed E-state index contributed by atoms with van der Waals surface area (Å²) in [6.07, 6.45) is 0.377. The predicted molar refractivity (Wildman–Crippen MR) is 78.4 cm³/mol. The normalized spacial score (nSPS) is 11.3. The van der Waals surface area contributed by atoms with Gasteiger partial charge in [0.2, 0.25) is 0 Å². The summed E-state index contributed by atoms with van der Waals surface area (Å²) in [5, 5.41) is 0. The summed E-state index contributed by atoms with van der Waals surface area (Å²) in [4.78, 5) is 11.7. The zero-order valence-electron chi connectivity index (χ0n) is 11.5. The molecule has 0 spiro atoms. The van der Waals surface area contributed by atoms with Gasteiger partial charge in [-0.3, -0.25) is 4.79 Å². The highest BCUT2D eigenvalue weighted by molar-refractivity contribution is 7.90. The van der Waals surface area contributed by atoms with Crippen molar-refractivity contribution in [3.8, 4) is 0 Å². The molecular formula is C16H15FO3S. The SMILES string of the molecule is CCC(=O)c1ccc(S(=O)(=O)Cc2ccc(F)cc2)cc1. The van der Waals surface area contributed by atoms with Crippen LogP contribution in [0.3, 0.4) is 0 Å². The zero-order valence-corrected chi connectivity index (χ0v) is 12.4. The Kier molecular flexibility index (Phi) is 4.53. The van der Waals surface area contributed by atoms with Crippen molar-refractivity contribution in [2.45, 2.75) is 24.0 Å². The Labute approximate surface area is 123 Å². The van der Waals surface area contributed by atoms with Gasteiger partial charge in [-0.2, -0.15) is 0 Å². The van der Waals surface area contributed by atoms with Crippen LogP contribution in [0, 0.1) is 5.82 Å². The van der Waals surface area contributed by atoms with E-state index in [-0.39, 0.29) is 16.4 Å². The zero-order chi connectivity index (χ0) is 15.5. The molecule has 0 unspecified atom stereocenters. The Morgan fingerprint density at radius 3 is 2.10 bits per heavy atom. The Morgan fingerprint density at radius 2 is 1.57 bits per heavy atom. The molecule has 0 aliphatic heterocycles. The van der Waals surface area contributed by atoms with E-state index < -0.39 is 15.7 Å². The van der Waals surface area contributed by atoms with Gasteiger partial charge in [0.25, 0.3) is 0 Å². The Morgan fingerprint density at radius 1 is 1.00 bits per heavy atom. The van der Waals surface area contributed by atoms with Gasteiger partial charge in [-0.25, -0.2) is 12.8 Å². The molecule has 2 aromatic carbocycles. The Balaban J connectivity index is 2.23. The van der Waals surface area contributed by atoms with Crippen molar-refractivity contribution in [3.05, 3.63) is 65.5 Å². The minimum Gasteiger partial charge on any atom is -0.294 e. The molecule has 0 N–H and O–H groups in total. The van der Waals surface area contributed by atoms with E-state index in [9.17, 15) is 17.6 Å². The number of sulfone groups is 1. The summed E-state index contributed by atoms with van der Waals surface area (Å²) in [7, 11) is -3.51. The second kappa shape index (κ2) is 6.18. The van der Waals surface area contributed by atoms with Gasteiger partial charge in [0, 0.05) is 12.0 Å². The van der Waals surface area contributed by atoms with Gasteiger partial charge in [0.05, 0.1) is 10.6 Å². The van der Waals surface area contributed by atoms with Crippen LogP contribution in [0.4, 0.5) is 4.39 Å². The molecule has 0 bridgehead atoms. The monoisotopic (exact) mass is 306 g/mol. The van der Waals surface area contributed by atoms with Crippen molar-refractivity contribution < 1.29 is 17.6 Å². The van der Waals surface area contributed by atoms with Gasteiger partial charge < -0.3 is 0 Å². The van der Waals surface area contributed by atoms with Crippen molar-refractivity contribution in [1.82, 2.24) is 0 Å². The van der Waals surface area contributed by atoms with Gasteiger partial charge in [0.15, 0.2) is 15.6 Å². The molecule has 0 saturated carbocycles. The fraction of sp³-hybridized carbons (Fsp3) is 0.188. The lowest BCUT2D eigenvalue weighted by Gasteiger charge is -2.06. The summed E-state index contributed by atoms with van der Waals surface area (Å²) < 4.78 is 37.3. The third kappa shape index (κ3) is 3.76. The van der Waals surface area contributed by atoms with Crippen LogP contribution >= 0.6 is 0 Å². The molecule has 0 heterocycles. The van der Waals surface area contributed by atoms with E-state index in [0.29, 0.717) is 17.5 Å². The number of hydrogen-bond acceptors (Lipinski definition) is 3. The van der Waals surface area contributed by atoms with E-state index in [1.807, 2.05) is 0 Å². The molecule has 2 aromatic rings.